The summed E-state index contributed by atoms with van der Waals surface area (Å²) in [6.07, 6.45) is 0. The first kappa shape index (κ1) is 19.9. The molecule has 0 fully saturated rings. The molecule has 0 aliphatic rings. The molecule has 0 atom stereocenters. The Labute approximate surface area is 171 Å². The number of hydrogen-bond donors (Lipinski definition) is 2. The summed E-state index contributed by atoms with van der Waals surface area (Å²) in [6.45, 7) is 0.731. The number of halogens is 2. The van der Waals surface area contributed by atoms with Crippen LogP contribution in [0.25, 0.3) is 11.0 Å². The Morgan fingerprint density at radius 1 is 1.14 bits per heavy atom. The Morgan fingerprint density at radius 3 is 2.68 bits per heavy atom. The summed E-state index contributed by atoms with van der Waals surface area (Å²) in [5.74, 6) is -0.102. The molecule has 8 nitrogen and oxygen atoms in total. The van der Waals surface area contributed by atoms with Crippen molar-refractivity contribution < 1.29 is 9.59 Å². The van der Waals surface area contributed by atoms with Gasteiger partial charge in [0.1, 0.15) is 5.52 Å². The first-order valence-electron chi connectivity index (χ1n) is 8.40. The Bertz CT molecular complexity index is 1030. The van der Waals surface area contributed by atoms with Crippen LogP contribution in [0.2, 0.25) is 10.0 Å². The molecule has 1 aromatic heterocycles. The molecular weight excluding hydrogens is 403 g/mol. The third-order valence-electron chi connectivity index (χ3n) is 3.95. The lowest BCUT2D eigenvalue weighted by molar-refractivity contribution is 0.0827. The molecule has 0 aliphatic carbocycles. The maximum atomic E-state index is 12.0. The quantitative estimate of drug-likeness (QED) is 0.662. The zero-order valence-corrected chi connectivity index (χ0v) is 16.8. The van der Waals surface area contributed by atoms with Crippen LogP contribution in [-0.4, -0.2) is 52.5 Å². The van der Waals surface area contributed by atoms with Crippen LogP contribution < -0.4 is 10.6 Å². The van der Waals surface area contributed by atoms with E-state index in [1.807, 2.05) is 0 Å². The van der Waals surface area contributed by atoms with Gasteiger partial charge in [-0.1, -0.05) is 28.4 Å². The molecule has 0 spiro atoms. The van der Waals surface area contributed by atoms with E-state index in [2.05, 4.69) is 20.9 Å². The predicted octanol–water partition coefficient (Wildman–Crippen LogP) is 3.26. The molecule has 3 aromatic rings. The van der Waals surface area contributed by atoms with E-state index in [9.17, 15) is 9.59 Å². The Balaban J connectivity index is 1.60. The zero-order chi connectivity index (χ0) is 20.3. The van der Waals surface area contributed by atoms with Gasteiger partial charge < -0.3 is 15.5 Å². The minimum Gasteiger partial charge on any atom is -0.345 e. The molecule has 0 bridgehead atoms. The lowest BCUT2D eigenvalue weighted by atomic mass is 10.2. The van der Waals surface area contributed by atoms with Crippen LogP contribution in [0.3, 0.4) is 0 Å². The maximum Gasteiger partial charge on any atom is 0.319 e. The number of carbonyl (C=O) groups is 2. The monoisotopic (exact) mass is 420 g/mol. The van der Waals surface area contributed by atoms with Crippen molar-refractivity contribution in [3.05, 3.63) is 52.0 Å². The average Bonchev–Trinajstić information content (AvgIpc) is 3.06. The third kappa shape index (κ3) is 4.52. The topological polar surface area (TPSA) is 92.2 Å². The van der Waals surface area contributed by atoms with E-state index in [1.54, 1.807) is 55.2 Å². The number of carbonyl (C=O) groups excluding carboxylic acids is 2. The normalized spacial score (nSPS) is 10.7. The second-order valence-corrected chi connectivity index (χ2v) is 7.06. The van der Waals surface area contributed by atoms with Crippen molar-refractivity contribution in [2.24, 2.45) is 0 Å². The van der Waals surface area contributed by atoms with Crippen LogP contribution >= 0.6 is 23.2 Å². The molecule has 0 radical (unpaired) electrons. The smallest absolute Gasteiger partial charge is 0.319 e. The third-order valence-corrected chi connectivity index (χ3v) is 4.52. The zero-order valence-electron chi connectivity index (χ0n) is 15.2. The summed E-state index contributed by atoms with van der Waals surface area (Å²) in [6, 6.07) is 9.62. The molecule has 2 aromatic carbocycles. The summed E-state index contributed by atoms with van der Waals surface area (Å²) in [4.78, 5) is 25.6. The lowest BCUT2D eigenvalue weighted by Crippen LogP contribution is -2.31. The van der Waals surface area contributed by atoms with Crippen molar-refractivity contribution in [2.75, 3.05) is 26.0 Å². The fraction of sp³-hybridized carbons (Fsp3) is 0.222. The van der Waals surface area contributed by atoms with E-state index in [0.717, 1.165) is 5.52 Å². The van der Waals surface area contributed by atoms with Gasteiger partial charge in [-0.05, 0) is 36.4 Å². The first-order valence-corrected chi connectivity index (χ1v) is 9.15. The van der Waals surface area contributed by atoms with E-state index in [1.165, 1.54) is 4.90 Å². The van der Waals surface area contributed by atoms with Gasteiger partial charge in [-0.15, -0.1) is 5.10 Å². The minimum absolute atomic E-state index is 0.102. The fourth-order valence-corrected chi connectivity index (χ4v) is 2.90. The highest BCUT2D eigenvalue weighted by molar-refractivity contribution is 6.35. The number of nitrogens with zero attached hydrogens (tertiary/aromatic N) is 4. The lowest BCUT2D eigenvalue weighted by Gasteiger charge is -2.10. The van der Waals surface area contributed by atoms with E-state index >= 15 is 0 Å². The molecular formula is C18H18Cl2N6O2. The number of nitrogens with one attached hydrogen (secondary N) is 2. The van der Waals surface area contributed by atoms with E-state index in [0.29, 0.717) is 39.9 Å². The molecule has 28 heavy (non-hydrogen) atoms. The largest absolute Gasteiger partial charge is 0.345 e. The molecule has 0 unspecified atom stereocenters. The summed E-state index contributed by atoms with van der Waals surface area (Å²) >= 11 is 11.9. The highest BCUT2D eigenvalue weighted by atomic mass is 35.5. The summed E-state index contributed by atoms with van der Waals surface area (Å²) in [5.41, 5.74) is 2.36. The predicted molar refractivity (Wildman–Crippen MR) is 109 cm³/mol. The summed E-state index contributed by atoms with van der Waals surface area (Å²) < 4.78 is 1.66. The van der Waals surface area contributed by atoms with Crippen LogP contribution in [-0.2, 0) is 6.54 Å². The molecule has 2 N–H and O–H groups in total. The Kier molecular flexibility index (Phi) is 6.01. The number of amides is 3. The van der Waals surface area contributed by atoms with Gasteiger partial charge in [-0.25, -0.2) is 9.48 Å². The van der Waals surface area contributed by atoms with Gasteiger partial charge in [-0.2, -0.15) is 0 Å². The van der Waals surface area contributed by atoms with Gasteiger partial charge in [0, 0.05) is 31.2 Å². The summed E-state index contributed by atoms with van der Waals surface area (Å²) in [5, 5.41) is 14.4. The van der Waals surface area contributed by atoms with Crippen LogP contribution in [0, 0.1) is 0 Å². The molecule has 146 valence electrons. The molecule has 10 heteroatoms. The number of hydrogen-bond acceptors (Lipinski definition) is 4. The van der Waals surface area contributed by atoms with E-state index < -0.39 is 6.03 Å². The Morgan fingerprint density at radius 2 is 1.93 bits per heavy atom. The number of benzene rings is 2. The molecule has 3 rings (SSSR count). The van der Waals surface area contributed by atoms with Gasteiger partial charge in [0.25, 0.3) is 5.91 Å². The SMILES string of the molecule is CN(C)C(=O)c1ccc2c(c1)nnn2CCNC(=O)Nc1cc(Cl)ccc1Cl. The first-order chi connectivity index (χ1) is 13.3. The second kappa shape index (κ2) is 8.45. The molecule has 1 heterocycles. The number of anilines is 1. The number of rotatable bonds is 5. The number of urea groups is 1. The van der Waals surface area contributed by atoms with E-state index in [4.69, 9.17) is 23.2 Å². The average molecular weight is 421 g/mol. The number of fused-ring (bicyclic) bond motifs is 1. The molecule has 0 saturated heterocycles. The number of aromatic nitrogens is 3. The standard InChI is InChI=1S/C18H18Cl2N6O2/c1-25(2)17(27)11-3-6-16-15(9-11)23-24-26(16)8-7-21-18(28)22-14-10-12(19)4-5-13(14)20/h3-6,9-10H,7-8H2,1-2H3,(H2,21,22,28). The van der Waals surface area contributed by atoms with Crippen molar-refractivity contribution in [1.29, 1.82) is 0 Å². The van der Waals surface area contributed by atoms with Crippen molar-refractivity contribution in [1.82, 2.24) is 25.2 Å². The highest BCUT2D eigenvalue weighted by Gasteiger charge is 2.12. The van der Waals surface area contributed by atoms with Gasteiger partial charge in [0.15, 0.2) is 0 Å². The van der Waals surface area contributed by atoms with Crippen molar-refractivity contribution in [2.45, 2.75) is 6.54 Å². The van der Waals surface area contributed by atoms with Gasteiger partial charge in [0.2, 0.25) is 0 Å². The van der Waals surface area contributed by atoms with Crippen LogP contribution in [0.1, 0.15) is 10.4 Å². The van der Waals surface area contributed by atoms with Crippen LogP contribution in [0.5, 0.6) is 0 Å². The second-order valence-electron chi connectivity index (χ2n) is 6.22. The van der Waals surface area contributed by atoms with Crippen LogP contribution in [0.4, 0.5) is 10.5 Å². The molecule has 0 aliphatic heterocycles. The maximum absolute atomic E-state index is 12.0. The van der Waals surface area contributed by atoms with E-state index in [-0.39, 0.29) is 5.91 Å². The molecule has 3 amide bonds. The summed E-state index contributed by atoms with van der Waals surface area (Å²) in [7, 11) is 3.38. The van der Waals surface area contributed by atoms with Gasteiger partial charge in [-0.3, -0.25) is 4.79 Å². The van der Waals surface area contributed by atoms with Crippen molar-refractivity contribution in [3.63, 3.8) is 0 Å². The Hall–Kier alpha value is -2.84. The minimum atomic E-state index is -0.410. The van der Waals surface area contributed by atoms with Gasteiger partial charge in [0.05, 0.1) is 22.8 Å². The van der Waals surface area contributed by atoms with Crippen LogP contribution in [0.15, 0.2) is 36.4 Å². The highest BCUT2D eigenvalue weighted by Crippen LogP contribution is 2.25. The van der Waals surface area contributed by atoms with Gasteiger partial charge >= 0.3 is 6.03 Å². The fourth-order valence-electron chi connectivity index (χ4n) is 2.56. The van der Waals surface area contributed by atoms with Crippen molar-refractivity contribution in [3.8, 4) is 0 Å². The molecule has 0 saturated carbocycles. The van der Waals surface area contributed by atoms with Crippen molar-refractivity contribution >= 4 is 51.9 Å².